The minimum Gasteiger partial charge on any atom is -0.469 e. The van der Waals surface area contributed by atoms with Gasteiger partial charge in [-0.3, -0.25) is 9.69 Å². The maximum absolute atomic E-state index is 12.6. The van der Waals surface area contributed by atoms with Crippen molar-refractivity contribution < 1.29 is 33.4 Å². The van der Waals surface area contributed by atoms with Crippen molar-refractivity contribution in [2.24, 2.45) is 17.3 Å². The zero-order valence-corrected chi connectivity index (χ0v) is 16.5. The maximum atomic E-state index is 12.6. The van der Waals surface area contributed by atoms with Crippen LogP contribution in [0, 0.1) is 17.3 Å². The molecule has 0 aliphatic carbocycles. The van der Waals surface area contributed by atoms with Gasteiger partial charge in [0.1, 0.15) is 17.9 Å². The van der Waals surface area contributed by atoms with Crippen molar-refractivity contribution in [1.82, 2.24) is 4.90 Å². The minimum absolute atomic E-state index is 0.0993. The van der Waals surface area contributed by atoms with Gasteiger partial charge in [0, 0.05) is 17.9 Å². The van der Waals surface area contributed by atoms with Gasteiger partial charge in [0.15, 0.2) is 0 Å². The first-order valence-electron chi connectivity index (χ1n) is 8.48. The van der Waals surface area contributed by atoms with Crippen molar-refractivity contribution in [2.75, 3.05) is 20.8 Å². The van der Waals surface area contributed by atoms with E-state index in [4.69, 9.17) is 14.2 Å². The van der Waals surface area contributed by atoms with Crippen LogP contribution in [0.4, 0.5) is 4.79 Å². The monoisotopic (exact) mass is 371 g/mol. The molecule has 148 valence electrons. The lowest BCUT2D eigenvalue weighted by atomic mass is 9.71. The topological polar surface area (TPSA) is 99.2 Å². The third-order valence-corrected chi connectivity index (χ3v) is 4.61. The molecule has 1 saturated heterocycles. The van der Waals surface area contributed by atoms with Gasteiger partial charge in [0.05, 0.1) is 20.6 Å². The molecule has 0 aromatic heterocycles. The summed E-state index contributed by atoms with van der Waals surface area (Å²) in [6, 6.07) is -1.03. The number of aldehydes is 1. The highest BCUT2D eigenvalue weighted by Crippen LogP contribution is 2.43. The number of rotatable bonds is 5. The van der Waals surface area contributed by atoms with Crippen molar-refractivity contribution in [3.8, 4) is 0 Å². The molecule has 0 saturated carbocycles. The lowest BCUT2D eigenvalue weighted by molar-refractivity contribution is -0.149. The summed E-state index contributed by atoms with van der Waals surface area (Å²) in [5, 5.41) is 0. The molecule has 0 bridgehead atoms. The Balaban J connectivity index is 3.32. The summed E-state index contributed by atoms with van der Waals surface area (Å²) in [6.45, 7) is 8.67. The largest absolute Gasteiger partial charge is 0.469 e. The van der Waals surface area contributed by atoms with Gasteiger partial charge >= 0.3 is 18.0 Å². The van der Waals surface area contributed by atoms with E-state index >= 15 is 0 Å². The second kappa shape index (κ2) is 8.05. The van der Waals surface area contributed by atoms with E-state index in [2.05, 4.69) is 0 Å². The Morgan fingerprint density at radius 1 is 1.08 bits per heavy atom. The molecule has 1 rings (SSSR count). The molecular weight excluding hydrogens is 342 g/mol. The quantitative estimate of drug-likeness (QED) is 0.413. The van der Waals surface area contributed by atoms with Crippen LogP contribution in [0.15, 0.2) is 0 Å². The van der Waals surface area contributed by atoms with E-state index in [0.717, 1.165) is 6.29 Å². The number of nitrogens with zero attached hydrogens (tertiary/aromatic N) is 1. The molecule has 3 atom stereocenters. The van der Waals surface area contributed by atoms with E-state index in [1.807, 2.05) is 0 Å². The number of methoxy groups -OCH3 is 2. The molecule has 0 unspecified atom stereocenters. The van der Waals surface area contributed by atoms with Gasteiger partial charge in [0.2, 0.25) is 0 Å². The molecule has 1 aliphatic rings. The first-order chi connectivity index (χ1) is 11.9. The Morgan fingerprint density at radius 2 is 1.65 bits per heavy atom. The third-order valence-electron chi connectivity index (χ3n) is 4.61. The van der Waals surface area contributed by atoms with Crippen LogP contribution in [0.3, 0.4) is 0 Å². The molecular formula is C18H29NO7. The summed E-state index contributed by atoms with van der Waals surface area (Å²) in [4.78, 5) is 49.8. The molecule has 1 aliphatic heterocycles. The van der Waals surface area contributed by atoms with Crippen molar-refractivity contribution in [3.05, 3.63) is 0 Å². The summed E-state index contributed by atoms with van der Waals surface area (Å²) in [7, 11) is 2.46. The Bertz CT molecular complexity index is 564. The summed E-state index contributed by atoms with van der Waals surface area (Å²) >= 11 is 0. The molecule has 26 heavy (non-hydrogen) atoms. The number of carbonyl (C=O) groups excluding carboxylic acids is 4. The number of amides is 1. The molecule has 8 nitrogen and oxygen atoms in total. The molecule has 0 N–H and O–H groups in total. The predicted molar refractivity (Wildman–Crippen MR) is 92.2 cm³/mol. The SMILES string of the molecule is COC(=O)C[C@@H]1[C@@H](C(=O)OC)N(C(=O)OC(C)(C)C)C[C@@H]1C(C)(C)C=O. The van der Waals surface area contributed by atoms with Gasteiger partial charge in [-0.05, 0) is 26.7 Å². The van der Waals surface area contributed by atoms with Crippen LogP contribution in [-0.2, 0) is 28.6 Å². The van der Waals surface area contributed by atoms with Crippen LogP contribution in [-0.4, -0.2) is 61.6 Å². The predicted octanol–water partition coefficient (Wildman–Crippen LogP) is 1.80. The number of hydrogen-bond acceptors (Lipinski definition) is 7. The molecule has 8 heteroatoms. The number of esters is 2. The van der Waals surface area contributed by atoms with Crippen LogP contribution in [0.25, 0.3) is 0 Å². The lowest BCUT2D eigenvalue weighted by Crippen LogP contribution is -2.46. The zero-order chi connectivity index (χ0) is 20.3. The average Bonchev–Trinajstić information content (AvgIpc) is 2.92. The first-order valence-corrected chi connectivity index (χ1v) is 8.48. The van der Waals surface area contributed by atoms with E-state index in [-0.39, 0.29) is 13.0 Å². The van der Waals surface area contributed by atoms with Crippen LogP contribution < -0.4 is 0 Å². The highest BCUT2D eigenvalue weighted by molar-refractivity contribution is 5.84. The van der Waals surface area contributed by atoms with E-state index in [0.29, 0.717) is 0 Å². The normalized spacial score (nSPS) is 23.3. The lowest BCUT2D eigenvalue weighted by Gasteiger charge is -2.30. The van der Waals surface area contributed by atoms with Crippen LogP contribution in [0.5, 0.6) is 0 Å². The fraction of sp³-hybridized carbons (Fsp3) is 0.778. The second-order valence-corrected chi connectivity index (χ2v) is 8.09. The van der Waals surface area contributed by atoms with Gasteiger partial charge < -0.3 is 19.0 Å². The second-order valence-electron chi connectivity index (χ2n) is 8.09. The van der Waals surface area contributed by atoms with Gasteiger partial charge in [-0.15, -0.1) is 0 Å². The van der Waals surface area contributed by atoms with E-state index in [1.54, 1.807) is 34.6 Å². The van der Waals surface area contributed by atoms with E-state index in [1.165, 1.54) is 19.1 Å². The molecule has 0 spiro atoms. The van der Waals surface area contributed by atoms with Gasteiger partial charge in [0.25, 0.3) is 0 Å². The molecule has 0 aromatic rings. The molecule has 0 aromatic carbocycles. The minimum atomic E-state index is -1.03. The van der Waals surface area contributed by atoms with Crippen LogP contribution in [0.1, 0.15) is 41.0 Å². The standard InChI is InChI=1S/C18H29NO7/c1-17(2,3)26-16(23)19-9-12(18(4,5)10-20)11(8-13(21)24-6)14(19)15(22)25-7/h10-12,14H,8-9H2,1-7H3/t11-,12-,14-/m0/s1. The molecule has 0 radical (unpaired) electrons. The number of ether oxygens (including phenoxy) is 3. The molecule has 1 heterocycles. The Morgan fingerprint density at radius 3 is 2.08 bits per heavy atom. The summed E-state index contributed by atoms with van der Waals surface area (Å²) in [6.07, 6.45) is -0.0289. The van der Waals surface area contributed by atoms with Gasteiger partial charge in [-0.1, -0.05) is 13.8 Å². The fourth-order valence-corrected chi connectivity index (χ4v) is 3.25. The Hall–Kier alpha value is -2.12. The van der Waals surface area contributed by atoms with Gasteiger partial charge in [-0.2, -0.15) is 0 Å². The van der Waals surface area contributed by atoms with Crippen molar-refractivity contribution in [3.63, 3.8) is 0 Å². The zero-order valence-electron chi connectivity index (χ0n) is 16.5. The highest BCUT2D eigenvalue weighted by atomic mass is 16.6. The highest BCUT2D eigenvalue weighted by Gasteiger charge is 2.54. The van der Waals surface area contributed by atoms with Crippen molar-refractivity contribution >= 4 is 24.3 Å². The summed E-state index contributed by atoms with van der Waals surface area (Å²) in [5.41, 5.74) is -1.62. The van der Waals surface area contributed by atoms with Crippen molar-refractivity contribution in [1.29, 1.82) is 0 Å². The smallest absolute Gasteiger partial charge is 0.411 e. The van der Waals surface area contributed by atoms with Crippen LogP contribution >= 0.6 is 0 Å². The molecule has 1 amide bonds. The summed E-state index contributed by atoms with van der Waals surface area (Å²) in [5.74, 6) is -2.24. The number of likely N-dealkylation sites (tertiary alicyclic amines) is 1. The Kier molecular flexibility index (Phi) is 6.79. The van der Waals surface area contributed by atoms with Gasteiger partial charge in [-0.25, -0.2) is 9.59 Å². The third kappa shape index (κ3) is 4.95. The Labute approximate surface area is 154 Å². The number of hydrogen-bond donors (Lipinski definition) is 0. The fourth-order valence-electron chi connectivity index (χ4n) is 3.25. The van der Waals surface area contributed by atoms with E-state index < -0.39 is 46.9 Å². The van der Waals surface area contributed by atoms with E-state index in [9.17, 15) is 19.2 Å². The van der Waals surface area contributed by atoms with Crippen molar-refractivity contribution in [2.45, 2.75) is 52.7 Å². The molecule has 1 fully saturated rings. The number of carbonyl (C=O) groups is 4. The van der Waals surface area contributed by atoms with Crippen LogP contribution in [0.2, 0.25) is 0 Å². The average molecular weight is 371 g/mol. The maximum Gasteiger partial charge on any atom is 0.411 e. The summed E-state index contributed by atoms with van der Waals surface area (Å²) < 4.78 is 15.0. The first kappa shape index (κ1) is 21.9.